The van der Waals surface area contributed by atoms with Crippen molar-refractivity contribution in [1.29, 1.82) is 0 Å². The first-order valence-electron chi connectivity index (χ1n) is 12.9. The van der Waals surface area contributed by atoms with Crippen molar-refractivity contribution in [3.05, 3.63) is 135 Å². The minimum atomic E-state index is -2.45. The maximum atomic E-state index is 15.8. The average Bonchev–Trinajstić information content (AvgIpc) is 3.28. The van der Waals surface area contributed by atoms with Crippen LogP contribution >= 0.6 is 8.53 Å². The van der Waals surface area contributed by atoms with Gasteiger partial charge >= 0.3 is 5.69 Å². The molecule has 2 heterocycles. The van der Waals surface area contributed by atoms with Crippen LogP contribution in [0.4, 0.5) is 4.39 Å². The molecule has 1 fully saturated rings. The van der Waals surface area contributed by atoms with E-state index in [1.54, 1.807) is 7.11 Å². The Labute approximate surface area is 236 Å². The van der Waals surface area contributed by atoms with Crippen LogP contribution in [0.3, 0.4) is 0 Å². The van der Waals surface area contributed by atoms with Gasteiger partial charge in [-0.05, 0) is 28.8 Å². The number of aromatic amines is 1. The van der Waals surface area contributed by atoms with Gasteiger partial charge in [-0.15, -0.1) is 0 Å². The maximum Gasteiger partial charge on any atom is 0.330 e. The van der Waals surface area contributed by atoms with Crippen molar-refractivity contribution < 1.29 is 23.3 Å². The molecule has 12 heteroatoms. The van der Waals surface area contributed by atoms with Gasteiger partial charge in [-0.25, -0.2) is 9.18 Å². The number of nitrogens with two attached hydrogens (primary N) is 1. The lowest BCUT2D eigenvalue weighted by Gasteiger charge is -2.38. The van der Waals surface area contributed by atoms with Crippen molar-refractivity contribution in [3.63, 3.8) is 0 Å². The molecule has 5 rings (SSSR count). The molecule has 0 amide bonds. The Kier molecular flexibility index (Phi) is 8.74. The Hall–Kier alpha value is -3.70. The van der Waals surface area contributed by atoms with Gasteiger partial charge < -0.3 is 18.9 Å². The zero-order chi connectivity index (χ0) is 29.0. The quantitative estimate of drug-likeness (QED) is 0.166. The van der Waals surface area contributed by atoms with Crippen molar-refractivity contribution in [1.82, 2.24) is 14.9 Å². The molecule has 41 heavy (non-hydrogen) atoms. The van der Waals surface area contributed by atoms with Gasteiger partial charge in [0.05, 0.1) is 12.6 Å². The first kappa shape index (κ1) is 28.8. The fourth-order valence-corrected chi connectivity index (χ4v) is 5.74. The largest absolute Gasteiger partial charge is 0.497 e. The fraction of sp³-hybridized carbons (Fsp3) is 0.241. The molecular formula is C29H30FN4O6P. The van der Waals surface area contributed by atoms with Crippen LogP contribution in [0.25, 0.3) is 0 Å². The molecule has 1 aliphatic heterocycles. The molecule has 0 radical (unpaired) electrons. The second-order valence-electron chi connectivity index (χ2n) is 9.49. The van der Waals surface area contributed by atoms with Crippen molar-refractivity contribution in [2.24, 2.45) is 5.50 Å². The number of benzene rings is 3. The summed E-state index contributed by atoms with van der Waals surface area (Å²) in [7, 11) is -0.854. The van der Waals surface area contributed by atoms with Gasteiger partial charge in [0.25, 0.3) is 14.1 Å². The minimum absolute atomic E-state index is 0.0265. The van der Waals surface area contributed by atoms with Crippen LogP contribution in [-0.4, -0.2) is 46.5 Å². The van der Waals surface area contributed by atoms with Crippen molar-refractivity contribution in [2.75, 3.05) is 13.7 Å². The van der Waals surface area contributed by atoms with E-state index >= 15 is 4.39 Å². The zero-order valence-corrected chi connectivity index (χ0v) is 23.0. The molecule has 1 unspecified atom stereocenters. The minimum Gasteiger partial charge on any atom is -0.497 e. The summed E-state index contributed by atoms with van der Waals surface area (Å²) in [6, 6.07) is 28.2. The van der Waals surface area contributed by atoms with Crippen LogP contribution in [0, 0.1) is 0 Å². The highest BCUT2D eigenvalue weighted by Gasteiger charge is 2.49. The number of nitrogens with zero attached hydrogens (tertiary/aromatic N) is 1. The Morgan fingerprint density at radius 3 is 2.12 bits per heavy atom. The highest BCUT2D eigenvalue weighted by atomic mass is 31.2. The molecule has 1 aromatic heterocycles. The summed E-state index contributed by atoms with van der Waals surface area (Å²) >= 11 is 0. The number of methoxy groups -OCH3 is 1. The Balaban J connectivity index is 1.57. The van der Waals surface area contributed by atoms with Crippen LogP contribution < -0.4 is 26.8 Å². The summed E-state index contributed by atoms with van der Waals surface area (Å²) in [5, 5.41) is 3.61. The molecule has 1 aliphatic rings. The van der Waals surface area contributed by atoms with E-state index < -0.39 is 49.9 Å². The molecule has 0 aliphatic carbocycles. The summed E-state index contributed by atoms with van der Waals surface area (Å²) < 4.78 is 33.6. The third-order valence-corrected chi connectivity index (χ3v) is 7.59. The molecular weight excluding hydrogens is 550 g/mol. The Morgan fingerprint density at radius 2 is 1.59 bits per heavy atom. The number of hydrogen-bond donors (Lipinski definition) is 4. The first-order valence-corrected chi connectivity index (χ1v) is 14.1. The number of halogens is 1. The van der Waals surface area contributed by atoms with E-state index in [4.69, 9.17) is 19.5 Å². The normalized spacial score (nSPS) is 21.5. The van der Waals surface area contributed by atoms with Crippen LogP contribution in [0.15, 0.2) is 107 Å². The third-order valence-electron chi connectivity index (χ3n) is 7.13. The molecule has 0 spiro atoms. The standard InChI is InChI=1S/C29H30FN4O6P/c1-38-22-14-12-21(13-15-22)29(19-8-4-2-5-9-19,20-10-6-3-7-11-20)32-18-23-26(40-41(31)37)25(30)27(39-23)34-17-16-24(35)33-28(34)36/h2-17,23,25-27,32,37H,18,31H2,1H3,(H,33,35,36)/t23-,25-,26-,27-,41?/m1/s1. The lowest BCUT2D eigenvalue weighted by molar-refractivity contribution is -0.0261. The molecule has 4 aromatic rings. The van der Waals surface area contributed by atoms with Gasteiger partial charge in [0.1, 0.15) is 18.0 Å². The lowest BCUT2D eigenvalue weighted by Crippen LogP contribution is -2.49. The monoisotopic (exact) mass is 580 g/mol. The van der Waals surface area contributed by atoms with Crippen LogP contribution in [0.1, 0.15) is 22.9 Å². The van der Waals surface area contributed by atoms with Crippen molar-refractivity contribution >= 4 is 8.53 Å². The van der Waals surface area contributed by atoms with Crippen LogP contribution in [0.2, 0.25) is 0 Å². The topological polar surface area (TPSA) is 141 Å². The van der Waals surface area contributed by atoms with E-state index in [0.717, 1.165) is 33.5 Å². The van der Waals surface area contributed by atoms with Crippen molar-refractivity contribution in [3.8, 4) is 5.75 Å². The van der Waals surface area contributed by atoms with Crippen molar-refractivity contribution in [2.45, 2.75) is 30.1 Å². The second kappa shape index (κ2) is 12.4. The molecule has 10 nitrogen and oxygen atoms in total. The van der Waals surface area contributed by atoms with E-state index in [1.807, 2.05) is 84.9 Å². The zero-order valence-electron chi connectivity index (χ0n) is 22.1. The second-order valence-corrected chi connectivity index (χ2v) is 10.3. The number of aromatic nitrogens is 2. The predicted molar refractivity (Wildman–Crippen MR) is 152 cm³/mol. The fourth-order valence-electron chi connectivity index (χ4n) is 5.24. The van der Waals surface area contributed by atoms with Gasteiger partial charge in [-0.2, -0.15) is 0 Å². The average molecular weight is 581 g/mol. The number of hydrogen-bond acceptors (Lipinski definition) is 8. The highest BCUT2D eigenvalue weighted by molar-refractivity contribution is 7.43. The maximum absolute atomic E-state index is 15.8. The number of rotatable bonds is 10. The number of H-pyrrole nitrogens is 1. The smallest absolute Gasteiger partial charge is 0.330 e. The van der Waals surface area contributed by atoms with Gasteiger partial charge in [-0.1, -0.05) is 72.8 Å². The van der Waals surface area contributed by atoms with E-state index in [2.05, 4.69) is 10.3 Å². The summed E-state index contributed by atoms with van der Waals surface area (Å²) in [4.78, 5) is 36.0. The summed E-state index contributed by atoms with van der Waals surface area (Å²) in [5.41, 5.74) is 5.83. The molecule has 0 bridgehead atoms. The van der Waals surface area contributed by atoms with Crippen LogP contribution in [-0.2, 0) is 14.8 Å². The Bertz CT molecular complexity index is 1510. The number of ether oxygens (including phenoxy) is 2. The van der Waals surface area contributed by atoms with Gasteiger partial charge in [0.2, 0.25) is 0 Å². The molecule has 5 N–H and O–H groups in total. The van der Waals surface area contributed by atoms with E-state index in [-0.39, 0.29) is 6.54 Å². The molecule has 5 atom stereocenters. The molecule has 0 saturated carbocycles. The third kappa shape index (κ3) is 5.87. The van der Waals surface area contributed by atoms with E-state index in [1.165, 1.54) is 0 Å². The van der Waals surface area contributed by atoms with Gasteiger partial charge in [-0.3, -0.25) is 25.2 Å². The lowest BCUT2D eigenvalue weighted by atomic mass is 9.77. The molecule has 3 aromatic carbocycles. The molecule has 214 valence electrons. The van der Waals surface area contributed by atoms with Crippen LogP contribution in [0.5, 0.6) is 5.75 Å². The first-order chi connectivity index (χ1) is 19.8. The predicted octanol–water partition coefficient (Wildman–Crippen LogP) is 2.93. The highest BCUT2D eigenvalue weighted by Crippen LogP contribution is 2.41. The van der Waals surface area contributed by atoms with E-state index in [9.17, 15) is 14.5 Å². The van der Waals surface area contributed by atoms with Gasteiger partial charge in [0, 0.05) is 18.8 Å². The number of nitrogens with one attached hydrogen (secondary N) is 2. The number of alkyl halides is 1. The van der Waals surface area contributed by atoms with Gasteiger partial charge in [0.15, 0.2) is 12.4 Å². The summed E-state index contributed by atoms with van der Waals surface area (Å²) in [6.07, 6.45) is -4.44. The SMILES string of the molecule is COc1ccc(C(NC[C@H]2O[C@@H](n3ccc(=O)[nH]c3=O)[C@H](F)[C@@H]2OP(N)O)(c2ccccc2)c2ccccc2)cc1. The molecule has 1 saturated heterocycles. The summed E-state index contributed by atoms with van der Waals surface area (Å²) in [5.74, 6) is 0.685. The van der Waals surface area contributed by atoms with E-state index in [0.29, 0.717) is 5.75 Å². The Morgan fingerprint density at radius 1 is 1.00 bits per heavy atom. The summed E-state index contributed by atoms with van der Waals surface area (Å²) in [6.45, 7) is 0.0265.